The fourth-order valence-corrected chi connectivity index (χ4v) is 2.78. The zero-order chi connectivity index (χ0) is 17.6. The molecule has 1 fully saturated rings. The third-order valence-electron chi connectivity index (χ3n) is 4.33. The summed E-state index contributed by atoms with van der Waals surface area (Å²) in [6, 6.07) is 7.63. The molecule has 0 N–H and O–H groups in total. The standard InChI is InChI=1S/C19H25FN4O/c1-15(2)8-10-23-11-13-24(14-12-23)19-21-9-7-18(22-19)25-17-5-3-16(20)4-6-17/h3-7,9,15H,8,10-14H2,1-2H3. The first-order valence-electron chi connectivity index (χ1n) is 8.84. The number of rotatable bonds is 6. The molecular formula is C19H25FN4O. The first kappa shape index (κ1) is 17.6. The van der Waals surface area contributed by atoms with Crippen molar-refractivity contribution in [3.8, 4) is 11.6 Å². The molecule has 6 heteroatoms. The number of benzene rings is 1. The number of ether oxygens (including phenoxy) is 1. The van der Waals surface area contributed by atoms with Gasteiger partial charge in [0, 0.05) is 38.4 Å². The average molecular weight is 344 g/mol. The highest BCUT2D eigenvalue weighted by atomic mass is 19.1. The van der Waals surface area contributed by atoms with Gasteiger partial charge in [-0.25, -0.2) is 9.37 Å². The molecule has 25 heavy (non-hydrogen) atoms. The second kappa shape index (κ2) is 8.25. The maximum Gasteiger partial charge on any atom is 0.228 e. The summed E-state index contributed by atoms with van der Waals surface area (Å²) in [5.74, 6) is 2.17. The van der Waals surface area contributed by atoms with Crippen LogP contribution >= 0.6 is 0 Å². The lowest BCUT2D eigenvalue weighted by Crippen LogP contribution is -2.47. The molecule has 134 valence electrons. The lowest BCUT2D eigenvalue weighted by molar-refractivity contribution is 0.242. The second-order valence-electron chi connectivity index (χ2n) is 6.76. The Morgan fingerprint density at radius 2 is 1.80 bits per heavy atom. The summed E-state index contributed by atoms with van der Waals surface area (Å²) in [4.78, 5) is 13.5. The molecule has 1 aliphatic heterocycles. The van der Waals surface area contributed by atoms with E-state index in [2.05, 4.69) is 33.6 Å². The minimum absolute atomic E-state index is 0.286. The van der Waals surface area contributed by atoms with E-state index in [1.807, 2.05) is 0 Å². The van der Waals surface area contributed by atoms with Crippen molar-refractivity contribution in [1.82, 2.24) is 14.9 Å². The van der Waals surface area contributed by atoms with E-state index in [1.54, 1.807) is 24.4 Å². The summed E-state index contributed by atoms with van der Waals surface area (Å²) < 4.78 is 18.7. The fraction of sp³-hybridized carbons (Fsp3) is 0.474. The van der Waals surface area contributed by atoms with Crippen molar-refractivity contribution in [2.45, 2.75) is 20.3 Å². The predicted octanol–water partition coefficient (Wildman–Crippen LogP) is 3.58. The minimum atomic E-state index is -0.286. The van der Waals surface area contributed by atoms with E-state index in [-0.39, 0.29) is 5.82 Å². The van der Waals surface area contributed by atoms with Crippen LogP contribution in [0.1, 0.15) is 20.3 Å². The van der Waals surface area contributed by atoms with Crippen molar-refractivity contribution < 1.29 is 9.13 Å². The van der Waals surface area contributed by atoms with E-state index in [9.17, 15) is 4.39 Å². The largest absolute Gasteiger partial charge is 0.439 e. The van der Waals surface area contributed by atoms with E-state index in [4.69, 9.17) is 4.74 Å². The van der Waals surface area contributed by atoms with Gasteiger partial charge in [0.2, 0.25) is 11.8 Å². The van der Waals surface area contributed by atoms with Crippen molar-refractivity contribution in [3.63, 3.8) is 0 Å². The molecule has 2 aromatic rings. The van der Waals surface area contributed by atoms with E-state index in [0.717, 1.165) is 38.6 Å². The number of hydrogen-bond donors (Lipinski definition) is 0. The summed E-state index contributed by atoms with van der Waals surface area (Å²) >= 11 is 0. The lowest BCUT2D eigenvalue weighted by atomic mass is 10.1. The summed E-state index contributed by atoms with van der Waals surface area (Å²) in [6.07, 6.45) is 2.93. The summed E-state index contributed by atoms with van der Waals surface area (Å²) in [7, 11) is 0. The van der Waals surface area contributed by atoms with Crippen molar-refractivity contribution in [1.29, 1.82) is 0 Å². The van der Waals surface area contributed by atoms with Gasteiger partial charge in [-0.2, -0.15) is 4.98 Å². The van der Waals surface area contributed by atoms with Crippen LogP contribution in [-0.4, -0.2) is 47.6 Å². The Bertz CT molecular complexity index is 669. The molecule has 5 nitrogen and oxygen atoms in total. The molecule has 0 saturated carbocycles. The number of piperazine rings is 1. The zero-order valence-electron chi connectivity index (χ0n) is 14.9. The molecular weight excluding hydrogens is 319 g/mol. The van der Waals surface area contributed by atoms with Crippen molar-refractivity contribution in [3.05, 3.63) is 42.3 Å². The molecule has 0 spiro atoms. The Morgan fingerprint density at radius 1 is 1.08 bits per heavy atom. The normalized spacial score (nSPS) is 15.6. The van der Waals surface area contributed by atoms with Gasteiger partial charge in [-0.05, 0) is 43.1 Å². The zero-order valence-corrected chi connectivity index (χ0v) is 14.9. The molecule has 1 saturated heterocycles. The highest BCUT2D eigenvalue weighted by molar-refractivity contribution is 5.34. The molecule has 0 atom stereocenters. The maximum atomic E-state index is 13.0. The van der Waals surface area contributed by atoms with E-state index >= 15 is 0 Å². The summed E-state index contributed by atoms with van der Waals surface area (Å²) in [5, 5.41) is 0. The van der Waals surface area contributed by atoms with Gasteiger partial charge in [0.25, 0.3) is 0 Å². The van der Waals surface area contributed by atoms with Gasteiger partial charge in [0.05, 0.1) is 0 Å². The predicted molar refractivity (Wildman–Crippen MR) is 96.6 cm³/mol. The van der Waals surface area contributed by atoms with E-state index in [0.29, 0.717) is 17.6 Å². The number of nitrogens with zero attached hydrogens (tertiary/aromatic N) is 4. The SMILES string of the molecule is CC(C)CCN1CCN(c2nccc(Oc3ccc(F)cc3)n2)CC1. The minimum Gasteiger partial charge on any atom is -0.439 e. The smallest absolute Gasteiger partial charge is 0.228 e. The Balaban J connectivity index is 1.57. The molecule has 3 rings (SSSR count). The van der Waals surface area contributed by atoms with Crippen LogP contribution in [-0.2, 0) is 0 Å². The third kappa shape index (κ3) is 5.13. The molecule has 1 aromatic carbocycles. The van der Waals surface area contributed by atoms with Crippen LogP contribution in [0.3, 0.4) is 0 Å². The first-order valence-corrected chi connectivity index (χ1v) is 8.84. The highest BCUT2D eigenvalue weighted by Crippen LogP contribution is 2.21. The van der Waals surface area contributed by atoms with Gasteiger partial charge in [-0.3, -0.25) is 4.90 Å². The molecule has 2 heterocycles. The fourth-order valence-electron chi connectivity index (χ4n) is 2.78. The highest BCUT2D eigenvalue weighted by Gasteiger charge is 2.19. The summed E-state index contributed by atoms with van der Waals surface area (Å²) in [5.41, 5.74) is 0. The van der Waals surface area contributed by atoms with Gasteiger partial charge in [-0.1, -0.05) is 13.8 Å². The van der Waals surface area contributed by atoms with Gasteiger partial charge >= 0.3 is 0 Å². The Hall–Kier alpha value is -2.21. The quantitative estimate of drug-likeness (QED) is 0.801. The topological polar surface area (TPSA) is 41.5 Å². The number of halogens is 1. The van der Waals surface area contributed by atoms with Crippen LogP contribution in [0.5, 0.6) is 11.6 Å². The maximum absolute atomic E-state index is 13.0. The third-order valence-corrected chi connectivity index (χ3v) is 4.33. The van der Waals surface area contributed by atoms with Gasteiger partial charge in [-0.15, -0.1) is 0 Å². The Morgan fingerprint density at radius 3 is 2.48 bits per heavy atom. The van der Waals surface area contributed by atoms with Crippen LogP contribution in [0, 0.1) is 11.7 Å². The van der Waals surface area contributed by atoms with E-state index in [1.165, 1.54) is 18.6 Å². The van der Waals surface area contributed by atoms with Crippen LogP contribution in [0.4, 0.5) is 10.3 Å². The molecule has 1 aliphatic rings. The molecule has 0 bridgehead atoms. The number of aromatic nitrogens is 2. The van der Waals surface area contributed by atoms with Crippen molar-refractivity contribution in [2.24, 2.45) is 5.92 Å². The lowest BCUT2D eigenvalue weighted by Gasteiger charge is -2.35. The van der Waals surface area contributed by atoms with Crippen LogP contribution in [0.2, 0.25) is 0 Å². The second-order valence-corrected chi connectivity index (χ2v) is 6.76. The molecule has 1 aromatic heterocycles. The van der Waals surface area contributed by atoms with Crippen LogP contribution < -0.4 is 9.64 Å². The van der Waals surface area contributed by atoms with Crippen LogP contribution in [0.15, 0.2) is 36.5 Å². The van der Waals surface area contributed by atoms with Crippen LogP contribution in [0.25, 0.3) is 0 Å². The number of anilines is 1. The molecule has 0 amide bonds. The van der Waals surface area contributed by atoms with E-state index < -0.39 is 0 Å². The Labute approximate surface area is 148 Å². The molecule has 0 radical (unpaired) electrons. The molecule has 0 aliphatic carbocycles. The van der Waals surface area contributed by atoms with Gasteiger partial charge in [0.15, 0.2) is 0 Å². The van der Waals surface area contributed by atoms with Gasteiger partial charge < -0.3 is 9.64 Å². The number of hydrogen-bond acceptors (Lipinski definition) is 5. The molecule has 0 unspecified atom stereocenters. The average Bonchev–Trinajstić information content (AvgIpc) is 2.63. The van der Waals surface area contributed by atoms with Crippen molar-refractivity contribution >= 4 is 5.95 Å². The first-order chi connectivity index (χ1) is 12.1. The Kier molecular flexibility index (Phi) is 5.81. The van der Waals surface area contributed by atoms with Crippen molar-refractivity contribution in [2.75, 3.05) is 37.6 Å². The monoisotopic (exact) mass is 344 g/mol. The van der Waals surface area contributed by atoms with Gasteiger partial charge in [0.1, 0.15) is 11.6 Å². The summed E-state index contributed by atoms with van der Waals surface area (Å²) in [6.45, 7) is 9.56.